The Morgan fingerprint density at radius 3 is 2.92 bits per heavy atom. The minimum Gasteiger partial charge on any atom is -0.374 e. The Bertz CT molecular complexity index is 722. The lowest BCUT2D eigenvalue weighted by Gasteiger charge is -2.12. The van der Waals surface area contributed by atoms with Gasteiger partial charge in [-0.15, -0.1) is 0 Å². The molecular weight excluding hydrogens is 342 g/mol. The summed E-state index contributed by atoms with van der Waals surface area (Å²) in [6, 6.07) is 3.93. The highest BCUT2D eigenvalue weighted by Crippen LogP contribution is 2.33. The molecule has 1 atom stereocenters. The number of aryl methyl sites for hydroxylation is 1. The predicted molar refractivity (Wildman–Crippen MR) is 111 cm³/mol. The lowest BCUT2D eigenvalue weighted by Crippen LogP contribution is -2.18. The van der Waals surface area contributed by atoms with Crippen LogP contribution >= 0.6 is 11.3 Å². The van der Waals surface area contributed by atoms with E-state index in [1.165, 1.54) is 5.57 Å². The quantitative estimate of drug-likeness (QED) is 0.423. The molecule has 5 heteroatoms. The van der Waals surface area contributed by atoms with Crippen molar-refractivity contribution in [1.82, 2.24) is 9.97 Å². The maximum Gasteiger partial charge on any atom is 0.127 e. The number of anilines is 1. The van der Waals surface area contributed by atoms with Gasteiger partial charge in [0.15, 0.2) is 0 Å². The second-order valence-electron chi connectivity index (χ2n) is 6.33. The van der Waals surface area contributed by atoms with E-state index in [1.807, 2.05) is 18.3 Å². The van der Waals surface area contributed by atoms with Gasteiger partial charge in [-0.3, -0.25) is 4.98 Å². The first-order valence-electron chi connectivity index (χ1n) is 9.25. The predicted octanol–water partition coefficient (Wildman–Crippen LogP) is 5.58. The number of thiazole rings is 1. The molecule has 4 nitrogen and oxygen atoms in total. The van der Waals surface area contributed by atoms with E-state index in [0.717, 1.165) is 46.9 Å². The van der Waals surface area contributed by atoms with Crippen LogP contribution in [0.4, 0.5) is 5.00 Å². The molecule has 0 radical (unpaired) electrons. The van der Waals surface area contributed by atoms with Gasteiger partial charge in [0.2, 0.25) is 0 Å². The summed E-state index contributed by atoms with van der Waals surface area (Å²) in [7, 11) is 0. The number of hydrogen-bond donors (Lipinski definition) is 2. The van der Waals surface area contributed by atoms with Gasteiger partial charge in [0, 0.05) is 18.0 Å². The smallest absolute Gasteiger partial charge is 0.127 e. The Labute approximate surface area is 160 Å². The highest BCUT2D eigenvalue weighted by Gasteiger charge is 2.14. The molecule has 26 heavy (non-hydrogen) atoms. The summed E-state index contributed by atoms with van der Waals surface area (Å²) < 4.78 is 0. The monoisotopic (exact) mass is 371 g/mol. The Hall–Kier alpha value is -1.98. The number of pyridine rings is 1. The molecule has 0 fully saturated rings. The van der Waals surface area contributed by atoms with Crippen LogP contribution in [0.2, 0.25) is 0 Å². The van der Waals surface area contributed by atoms with E-state index >= 15 is 0 Å². The third-order valence-corrected chi connectivity index (χ3v) is 5.17. The first kappa shape index (κ1) is 20.3. The van der Waals surface area contributed by atoms with E-state index in [1.54, 1.807) is 17.5 Å². The molecule has 0 aromatic carbocycles. The van der Waals surface area contributed by atoms with Crippen molar-refractivity contribution in [2.75, 3.05) is 5.32 Å². The highest BCUT2D eigenvalue weighted by atomic mass is 32.1. The van der Waals surface area contributed by atoms with Gasteiger partial charge >= 0.3 is 0 Å². The number of aliphatic hydroxyl groups is 1. The third-order valence-electron chi connectivity index (χ3n) is 4.10. The van der Waals surface area contributed by atoms with E-state index in [4.69, 9.17) is 4.98 Å². The molecule has 0 aliphatic carbocycles. The Morgan fingerprint density at radius 1 is 1.38 bits per heavy atom. The summed E-state index contributed by atoms with van der Waals surface area (Å²) in [5, 5.41) is 15.5. The van der Waals surface area contributed by atoms with Crippen LogP contribution in [0.5, 0.6) is 0 Å². The fourth-order valence-corrected chi connectivity index (χ4v) is 3.51. The van der Waals surface area contributed by atoms with Crippen molar-refractivity contribution in [3.63, 3.8) is 0 Å². The molecule has 2 N–H and O–H groups in total. The molecule has 0 bridgehead atoms. The fourth-order valence-electron chi connectivity index (χ4n) is 2.47. The van der Waals surface area contributed by atoms with Crippen molar-refractivity contribution >= 4 is 16.3 Å². The van der Waals surface area contributed by atoms with Crippen LogP contribution in [0, 0.1) is 0 Å². The summed E-state index contributed by atoms with van der Waals surface area (Å²) in [6.07, 6.45) is 13.9. The van der Waals surface area contributed by atoms with Gasteiger partial charge in [0.1, 0.15) is 16.2 Å². The van der Waals surface area contributed by atoms with Crippen LogP contribution < -0.4 is 5.32 Å². The number of aromatic nitrogens is 2. The molecule has 0 aliphatic heterocycles. The number of hydrogen-bond acceptors (Lipinski definition) is 5. The van der Waals surface area contributed by atoms with Gasteiger partial charge in [0.05, 0.1) is 5.69 Å². The molecule has 0 amide bonds. The SMILES string of the molecule is C/C=C(/C)C/C=C/CCC(O)Nc1sc(-c2cccnc2)nc1CCC. The minimum absolute atomic E-state index is 0.569. The zero-order valence-electron chi connectivity index (χ0n) is 15.9. The molecule has 0 aliphatic rings. The standard InChI is InChI=1S/C21H29N3OS/c1-4-10-18-21(26-20(23-18)17-12-9-14-22-15-17)24-19(25)13-8-6-7-11-16(3)5-2/h5-7,9,12,14-15,19,24-25H,4,8,10-11,13H2,1-3H3/b7-6+,16-5-. The van der Waals surface area contributed by atoms with Crippen LogP contribution in [0.1, 0.15) is 52.1 Å². The summed E-state index contributed by atoms with van der Waals surface area (Å²) in [6.45, 7) is 6.32. The maximum atomic E-state index is 10.3. The first-order chi connectivity index (χ1) is 12.6. The number of allylic oxidation sites excluding steroid dienone is 4. The normalized spacial score (nSPS) is 13.3. The molecule has 1 unspecified atom stereocenters. The molecule has 0 saturated heterocycles. The topological polar surface area (TPSA) is 58.0 Å². The van der Waals surface area contributed by atoms with Crippen molar-refractivity contribution in [1.29, 1.82) is 0 Å². The van der Waals surface area contributed by atoms with Crippen LogP contribution in [-0.4, -0.2) is 21.3 Å². The molecule has 0 spiro atoms. The summed E-state index contributed by atoms with van der Waals surface area (Å²) >= 11 is 1.58. The van der Waals surface area contributed by atoms with Crippen molar-refractivity contribution in [3.8, 4) is 10.6 Å². The summed E-state index contributed by atoms with van der Waals surface area (Å²) in [5.74, 6) is 0. The van der Waals surface area contributed by atoms with Crippen molar-refractivity contribution in [3.05, 3.63) is 54.0 Å². The molecule has 0 saturated carbocycles. The van der Waals surface area contributed by atoms with E-state index in [-0.39, 0.29) is 0 Å². The lowest BCUT2D eigenvalue weighted by atomic mass is 10.2. The van der Waals surface area contributed by atoms with Gasteiger partial charge in [-0.05, 0) is 51.7 Å². The lowest BCUT2D eigenvalue weighted by molar-refractivity contribution is 0.194. The largest absolute Gasteiger partial charge is 0.374 e. The Kier molecular flexibility index (Phi) is 8.51. The molecule has 2 rings (SSSR count). The van der Waals surface area contributed by atoms with Gasteiger partial charge in [-0.2, -0.15) is 0 Å². The molecule has 140 valence electrons. The maximum absolute atomic E-state index is 10.3. The van der Waals surface area contributed by atoms with E-state index in [2.05, 4.69) is 49.3 Å². The Balaban J connectivity index is 1.95. The average molecular weight is 372 g/mol. The minimum atomic E-state index is -0.569. The summed E-state index contributed by atoms with van der Waals surface area (Å²) in [4.78, 5) is 8.92. The highest BCUT2D eigenvalue weighted by molar-refractivity contribution is 7.19. The van der Waals surface area contributed by atoms with Crippen molar-refractivity contribution in [2.45, 2.75) is 59.1 Å². The van der Waals surface area contributed by atoms with Crippen molar-refractivity contribution < 1.29 is 5.11 Å². The zero-order valence-corrected chi connectivity index (χ0v) is 16.7. The van der Waals surface area contributed by atoms with Crippen LogP contribution in [0.3, 0.4) is 0 Å². The van der Waals surface area contributed by atoms with Crippen LogP contribution in [0.15, 0.2) is 48.3 Å². The molecule has 2 aromatic rings. The van der Waals surface area contributed by atoms with Gasteiger partial charge in [-0.25, -0.2) is 4.98 Å². The van der Waals surface area contributed by atoms with Gasteiger partial charge in [0.25, 0.3) is 0 Å². The average Bonchev–Trinajstić information content (AvgIpc) is 3.04. The van der Waals surface area contributed by atoms with E-state index in [0.29, 0.717) is 6.42 Å². The van der Waals surface area contributed by atoms with E-state index in [9.17, 15) is 5.11 Å². The van der Waals surface area contributed by atoms with Crippen LogP contribution in [-0.2, 0) is 6.42 Å². The number of rotatable bonds is 10. The number of nitrogens with one attached hydrogen (secondary N) is 1. The van der Waals surface area contributed by atoms with E-state index < -0.39 is 6.23 Å². The Morgan fingerprint density at radius 2 is 2.23 bits per heavy atom. The second-order valence-corrected chi connectivity index (χ2v) is 7.33. The number of aliphatic hydroxyl groups excluding tert-OH is 1. The molecule has 2 heterocycles. The second kappa shape index (κ2) is 10.9. The summed E-state index contributed by atoms with van der Waals surface area (Å²) in [5.41, 5.74) is 3.39. The fraction of sp³-hybridized carbons (Fsp3) is 0.429. The first-order valence-corrected chi connectivity index (χ1v) is 10.1. The molecule has 2 aromatic heterocycles. The zero-order chi connectivity index (χ0) is 18.8. The molecular formula is C21H29N3OS. The van der Waals surface area contributed by atoms with Crippen molar-refractivity contribution in [2.24, 2.45) is 0 Å². The van der Waals surface area contributed by atoms with Gasteiger partial charge < -0.3 is 10.4 Å². The van der Waals surface area contributed by atoms with Gasteiger partial charge in [-0.1, -0.05) is 48.5 Å². The number of nitrogens with zero attached hydrogens (tertiary/aromatic N) is 2. The third kappa shape index (κ3) is 6.39. The van der Waals surface area contributed by atoms with Crippen LogP contribution in [0.25, 0.3) is 10.6 Å².